The third-order valence-corrected chi connectivity index (χ3v) is 4.15. The van der Waals surface area contributed by atoms with Gasteiger partial charge in [0.25, 0.3) is 0 Å². The number of hydrazine groups is 1. The highest BCUT2D eigenvalue weighted by atomic mass is 15.6. The van der Waals surface area contributed by atoms with Crippen molar-refractivity contribution in [2.75, 3.05) is 18.1 Å². The van der Waals surface area contributed by atoms with Gasteiger partial charge in [-0.3, -0.25) is 0 Å². The Kier molecular flexibility index (Phi) is 7.57. The molecule has 0 fully saturated rings. The second-order valence-electron chi connectivity index (χ2n) is 7.14. The topological polar surface area (TPSA) is 6.48 Å². The second-order valence-corrected chi connectivity index (χ2v) is 7.14. The number of hydrogen-bond donors (Lipinski definition) is 0. The molecular weight excluding hydrogens is 280 g/mol. The minimum Gasteiger partial charge on any atom is -0.305 e. The predicted molar refractivity (Wildman–Crippen MR) is 104 cm³/mol. The van der Waals surface area contributed by atoms with Crippen LogP contribution in [0.3, 0.4) is 0 Å². The van der Waals surface area contributed by atoms with Gasteiger partial charge in [-0.25, -0.2) is 5.01 Å². The molecule has 0 aliphatic carbocycles. The van der Waals surface area contributed by atoms with Gasteiger partial charge in [0.05, 0.1) is 5.69 Å². The first-order valence-corrected chi connectivity index (χ1v) is 8.73. The van der Waals surface area contributed by atoms with Crippen LogP contribution in [0.4, 0.5) is 5.69 Å². The van der Waals surface area contributed by atoms with Crippen molar-refractivity contribution in [3.8, 4) is 0 Å². The molecule has 0 unspecified atom stereocenters. The number of hydrogen-bond acceptors (Lipinski definition) is 2. The van der Waals surface area contributed by atoms with E-state index in [1.807, 2.05) is 12.2 Å². The summed E-state index contributed by atoms with van der Waals surface area (Å²) in [5, 5.41) is 4.78. The molecule has 0 saturated carbocycles. The van der Waals surface area contributed by atoms with Gasteiger partial charge in [-0.05, 0) is 42.9 Å². The lowest BCUT2D eigenvalue weighted by molar-refractivity contribution is 0.218. The maximum absolute atomic E-state index is 3.98. The first-order valence-electron chi connectivity index (χ1n) is 8.73. The maximum atomic E-state index is 3.98. The molecule has 0 amide bonds. The fraction of sp³-hybridized carbons (Fsp3) is 0.524. The molecule has 1 atom stereocenters. The molecule has 0 radical (unpaired) electrons. The molecule has 1 aromatic rings. The second kappa shape index (κ2) is 8.93. The lowest BCUT2D eigenvalue weighted by Crippen LogP contribution is -2.48. The summed E-state index contributed by atoms with van der Waals surface area (Å²) in [6, 6.07) is 9.28. The van der Waals surface area contributed by atoms with Crippen LogP contribution < -0.4 is 5.01 Å². The van der Waals surface area contributed by atoms with Crippen molar-refractivity contribution in [2.45, 2.75) is 58.9 Å². The molecule has 0 spiro atoms. The van der Waals surface area contributed by atoms with E-state index in [0.717, 1.165) is 25.9 Å². The summed E-state index contributed by atoms with van der Waals surface area (Å²) in [6.07, 6.45) is 6.08. The molecule has 2 nitrogen and oxygen atoms in total. The molecule has 128 valence electrons. The van der Waals surface area contributed by atoms with Crippen LogP contribution in [0.2, 0.25) is 0 Å². The van der Waals surface area contributed by atoms with Gasteiger partial charge in [0, 0.05) is 19.1 Å². The molecule has 0 N–H and O–H groups in total. The van der Waals surface area contributed by atoms with Gasteiger partial charge in [-0.1, -0.05) is 52.0 Å². The van der Waals surface area contributed by atoms with Gasteiger partial charge < -0.3 is 5.01 Å². The third-order valence-electron chi connectivity index (χ3n) is 4.15. The van der Waals surface area contributed by atoms with Gasteiger partial charge in [0.1, 0.15) is 0 Å². The number of benzene rings is 1. The maximum Gasteiger partial charge on any atom is 0.0522 e. The van der Waals surface area contributed by atoms with E-state index >= 15 is 0 Å². The van der Waals surface area contributed by atoms with E-state index in [-0.39, 0.29) is 5.41 Å². The Morgan fingerprint density at radius 1 is 1.09 bits per heavy atom. The van der Waals surface area contributed by atoms with Crippen molar-refractivity contribution < 1.29 is 0 Å². The molecule has 1 rings (SSSR count). The van der Waals surface area contributed by atoms with Crippen molar-refractivity contribution in [2.24, 2.45) is 0 Å². The van der Waals surface area contributed by atoms with Crippen molar-refractivity contribution >= 4 is 5.69 Å². The highest BCUT2D eigenvalue weighted by molar-refractivity contribution is 5.48. The Bertz CT molecular complexity index is 482. The SMILES string of the molecule is C=CCCN(c1ccc(C(C)(C)C)cc1)N(CCC)[C@H](C)C=C. The highest BCUT2D eigenvalue weighted by Crippen LogP contribution is 2.26. The Hall–Kier alpha value is -1.54. The molecule has 23 heavy (non-hydrogen) atoms. The summed E-state index contributed by atoms with van der Waals surface area (Å²) in [6.45, 7) is 21.0. The van der Waals surface area contributed by atoms with Crippen LogP contribution in [0.25, 0.3) is 0 Å². The molecule has 0 aromatic heterocycles. The van der Waals surface area contributed by atoms with E-state index in [1.165, 1.54) is 11.3 Å². The van der Waals surface area contributed by atoms with Crippen molar-refractivity contribution in [1.29, 1.82) is 0 Å². The molecule has 0 aliphatic heterocycles. The zero-order chi connectivity index (χ0) is 17.5. The smallest absolute Gasteiger partial charge is 0.0522 e. The van der Waals surface area contributed by atoms with Crippen LogP contribution in [0.1, 0.15) is 53.0 Å². The van der Waals surface area contributed by atoms with E-state index in [4.69, 9.17) is 0 Å². The lowest BCUT2D eigenvalue weighted by Gasteiger charge is -2.40. The Labute approximate surface area is 143 Å². The lowest BCUT2D eigenvalue weighted by atomic mass is 9.87. The van der Waals surface area contributed by atoms with Crippen LogP contribution in [0.5, 0.6) is 0 Å². The van der Waals surface area contributed by atoms with Gasteiger partial charge >= 0.3 is 0 Å². The Morgan fingerprint density at radius 3 is 2.13 bits per heavy atom. The van der Waals surface area contributed by atoms with Crippen LogP contribution >= 0.6 is 0 Å². The number of nitrogens with zero attached hydrogens (tertiary/aromatic N) is 2. The van der Waals surface area contributed by atoms with Crippen molar-refractivity contribution in [3.63, 3.8) is 0 Å². The zero-order valence-electron chi connectivity index (χ0n) is 15.7. The average molecular weight is 315 g/mol. The molecule has 0 saturated heterocycles. The van der Waals surface area contributed by atoms with E-state index in [9.17, 15) is 0 Å². The zero-order valence-corrected chi connectivity index (χ0v) is 15.7. The molecule has 0 heterocycles. The summed E-state index contributed by atoms with van der Waals surface area (Å²) in [7, 11) is 0. The summed E-state index contributed by atoms with van der Waals surface area (Å²) >= 11 is 0. The average Bonchev–Trinajstić information content (AvgIpc) is 2.53. The molecular formula is C21H34N2. The standard InChI is InChI=1S/C21H34N2/c1-8-11-17-23(22(16-9-2)18(4)10-3)20-14-12-19(13-15-20)21(5,6)7/h8,10,12-15,18H,1,3,9,11,16-17H2,2,4-7H3/t18-/m1/s1. The highest BCUT2D eigenvalue weighted by Gasteiger charge is 2.20. The third kappa shape index (κ3) is 5.54. The minimum absolute atomic E-state index is 0.183. The van der Waals surface area contributed by atoms with E-state index < -0.39 is 0 Å². The summed E-state index contributed by atoms with van der Waals surface area (Å²) in [5.41, 5.74) is 2.79. The van der Waals surface area contributed by atoms with Crippen LogP contribution in [0, 0.1) is 0 Å². The summed E-state index contributed by atoms with van der Waals surface area (Å²) in [5.74, 6) is 0. The van der Waals surface area contributed by atoms with Gasteiger partial charge in [0.15, 0.2) is 0 Å². The van der Waals surface area contributed by atoms with Crippen LogP contribution in [0.15, 0.2) is 49.6 Å². The molecule has 2 heteroatoms. The first kappa shape index (κ1) is 19.5. The number of rotatable bonds is 9. The fourth-order valence-corrected chi connectivity index (χ4v) is 2.65. The molecule has 1 aromatic carbocycles. The Balaban J connectivity index is 3.13. The number of anilines is 1. The molecule has 0 bridgehead atoms. The quantitative estimate of drug-likeness (QED) is 0.434. The Morgan fingerprint density at radius 2 is 1.70 bits per heavy atom. The van der Waals surface area contributed by atoms with Crippen LogP contribution in [-0.4, -0.2) is 24.1 Å². The van der Waals surface area contributed by atoms with E-state index in [2.05, 4.69) is 82.1 Å². The monoisotopic (exact) mass is 314 g/mol. The summed E-state index contributed by atoms with van der Waals surface area (Å²) < 4.78 is 0. The van der Waals surface area contributed by atoms with Gasteiger partial charge in [-0.15, -0.1) is 13.2 Å². The van der Waals surface area contributed by atoms with Crippen molar-refractivity contribution in [1.82, 2.24) is 5.01 Å². The van der Waals surface area contributed by atoms with E-state index in [0.29, 0.717) is 6.04 Å². The van der Waals surface area contributed by atoms with Crippen molar-refractivity contribution in [3.05, 3.63) is 55.1 Å². The van der Waals surface area contributed by atoms with Crippen LogP contribution in [-0.2, 0) is 5.41 Å². The minimum atomic E-state index is 0.183. The normalized spacial score (nSPS) is 13.0. The molecule has 0 aliphatic rings. The van der Waals surface area contributed by atoms with E-state index in [1.54, 1.807) is 0 Å². The fourth-order valence-electron chi connectivity index (χ4n) is 2.65. The van der Waals surface area contributed by atoms with Gasteiger partial charge in [0.2, 0.25) is 0 Å². The first-order chi connectivity index (χ1) is 10.8. The largest absolute Gasteiger partial charge is 0.305 e. The summed E-state index contributed by atoms with van der Waals surface area (Å²) in [4.78, 5) is 0. The van der Waals surface area contributed by atoms with Gasteiger partial charge in [-0.2, -0.15) is 0 Å². The predicted octanol–water partition coefficient (Wildman–Crippen LogP) is 5.57.